The molecule has 0 aliphatic carbocycles. The Morgan fingerprint density at radius 1 is 1.41 bits per heavy atom. The molecule has 22 heavy (non-hydrogen) atoms. The molecule has 2 aliphatic heterocycles. The van der Waals surface area contributed by atoms with Crippen LogP contribution in [-0.2, 0) is 18.4 Å². The minimum atomic E-state index is 0.00688. The Morgan fingerprint density at radius 2 is 2.23 bits per heavy atom. The molecule has 120 valence electrons. The van der Waals surface area contributed by atoms with E-state index >= 15 is 0 Å². The number of carbonyl (C=O) groups is 1. The molecule has 1 amide bonds. The summed E-state index contributed by atoms with van der Waals surface area (Å²) in [6.45, 7) is 7.42. The summed E-state index contributed by atoms with van der Waals surface area (Å²) >= 11 is 0. The molecule has 1 unspecified atom stereocenters. The number of likely N-dealkylation sites (tertiary alicyclic amines) is 2. The topological polar surface area (TPSA) is 41.4 Å². The van der Waals surface area contributed by atoms with Gasteiger partial charge in [-0.2, -0.15) is 0 Å². The highest BCUT2D eigenvalue weighted by Gasteiger charge is 2.44. The third-order valence-electron chi connectivity index (χ3n) is 5.14. The fraction of sp³-hybridized carbons (Fsp3) is 0.647. The molecule has 1 aromatic rings. The van der Waals surface area contributed by atoms with Crippen LogP contribution < -0.4 is 0 Å². The summed E-state index contributed by atoms with van der Waals surface area (Å²) in [6.07, 6.45) is 10.8. The normalized spacial score (nSPS) is 26.6. The van der Waals surface area contributed by atoms with Crippen LogP contribution in [0.5, 0.6) is 0 Å². The predicted molar refractivity (Wildman–Crippen MR) is 86.2 cm³/mol. The number of amides is 1. The molecule has 1 atom stereocenters. The summed E-state index contributed by atoms with van der Waals surface area (Å²) in [5, 5.41) is 0. The van der Waals surface area contributed by atoms with E-state index in [9.17, 15) is 4.79 Å². The van der Waals surface area contributed by atoms with Crippen molar-refractivity contribution in [3.8, 4) is 0 Å². The summed E-state index contributed by atoms with van der Waals surface area (Å²) in [4.78, 5) is 21.4. The van der Waals surface area contributed by atoms with Crippen LogP contribution in [0.4, 0.5) is 0 Å². The van der Waals surface area contributed by atoms with Gasteiger partial charge in [0.2, 0.25) is 5.91 Å². The van der Waals surface area contributed by atoms with Gasteiger partial charge in [0.05, 0.1) is 12.1 Å². The third kappa shape index (κ3) is 2.82. The van der Waals surface area contributed by atoms with Crippen LogP contribution in [0.3, 0.4) is 0 Å². The van der Waals surface area contributed by atoms with Gasteiger partial charge in [-0.3, -0.25) is 9.69 Å². The number of aryl methyl sites for hydroxylation is 1. The lowest BCUT2D eigenvalue weighted by atomic mass is 9.79. The van der Waals surface area contributed by atoms with Crippen molar-refractivity contribution in [2.75, 3.05) is 19.6 Å². The fourth-order valence-electron chi connectivity index (χ4n) is 4.04. The monoisotopic (exact) mass is 302 g/mol. The average molecular weight is 302 g/mol. The van der Waals surface area contributed by atoms with Gasteiger partial charge in [-0.15, -0.1) is 6.58 Å². The number of rotatable bonds is 4. The van der Waals surface area contributed by atoms with Gasteiger partial charge in [0, 0.05) is 39.0 Å². The number of hydrogen-bond acceptors (Lipinski definition) is 3. The van der Waals surface area contributed by atoms with Crippen LogP contribution in [0, 0.1) is 0 Å². The van der Waals surface area contributed by atoms with Crippen LogP contribution in [0.25, 0.3) is 0 Å². The molecule has 0 bridgehead atoms. The Balaban J connectivity index is 1.76. The minimum absolute atomic E-state index is 0.00688. The first-order chi connectivity index (χ1) is 10.6. The second kappa shape index (κ2) is 6.24. The smallest absolute Gasteiger partial charge is 0.223 e. The molecule has 3 rings (SSSR count). The Hall–Kier alpha value is -1.62. The quantitative estimate of drug-likeness (QED) is 0.798. The number of imidazole rings is 1. The Bertz CT molecular complexity index is 549. The number of hydrogen-bond donors (Lipinski definition) is 0. The van der Waals surface area contributed by atoms with Crippen LogP contribution in [0.2, 0.25) is 0 Å². The SMILES string of the molecule is C=CCN1C(=O)CCCC12CCCN(Cc1nccn1C)C2. The molecular weight excluding hydrogens is 276 g/mol. The van der Waals surface area contributed by atoms with Crippen molar-refractivity contribution >= 4 is 5.91 Å². The average Bonchev–Trinajstić information content (AvgIpc) is 2.89. The minimum Gasteiger partial charge on any atom is -0.337 e. The zero-order valence-electron chi connectivity index (χ0n) is 13.5. The molecule has 3 heterocycles. The van der Waals surface area contributed by atoms with E-state index in [2.05, 4.69) is 25.9 Å². The molecule has 5 heteroatoms. The zero-order valence-corrected chi connectivity index (χ0v) is 13.5. The number of aromatic nitrogens is 2. The summed E-state index contributed by atoms with van der Waals surface area (Å²) < 4.78 is 2.08. The molecule has 0 radical (unpaired) electrons. The van der Waals surface area contributed by atoms with Gasteiger partial charge in [-0.05, 0) is 32.2 Å². The first kappa shape index (κ1) is 15.3. The van der Waals surface area contributed by atoms with Crippen molar-refractivity contribution in [3.63, 3.8) is 0 Å². The van der Waals surface area contributed by atoms with Crippen molar-refractivity contribution in [2.45, 2.75) is 44.2 Å². The molecule has 2 aliphatic rings. The Kier molecular flexibility index (Phi) is 4.34. The van der Waals surface area contributed by atoms with Gasteiger partial charge in [0.1, 0.15) is 5.82 Å². The van der Waals surface area contributed by atoms with E-state index in [4.69, 9.17) is 0 Å². The highest BCUT2D eigenvalue weighted by atomic mass is 16.2. The van der Waals surface area contributed by atoms with Crippen LogP contribution in [0.1, 0.15) is 37.9 Å². The van der Waals surface area contributed by atoms with Crippen LogP contribution >= 0.6 is 0 Å². The fourth-order valence-corrected chi connectivity index (χ4v) is 4.04. The van der Waals surface area contributed by atoms with Crippen molar-refractivity contribution in [1.29, 1.82) is 0 Å². The number of carbonyl (C=O) groups excluding carboxylic acids is 1. The second-order valence-electron chi connectivity index (χ2n) is 6.64. The van der Waals surface area contributed by atoms with Crippen LogP contribution in [-0.4, -0.2) is 50.4 Å². The van der Waals surface area contributed by atoms with Gasteiger partial charge in [-0.1, -0.05) is 6.08 Å². The number of nitrogens with zero attached hydrogens (tertiary/aromatic N) is 4. The molecule has 1 spiro atoms. The van der Waals surface area contributed by atoms with E-state index < -0.39 is 0 Å². The third-order valence-corrected chi connectivity index (χ3v) is 5.14. The van der Waals surface area contributed by atoms with Gasteiger partial charge in [-0.25, -0.2) is 4.98 Å². The van der Waals surface area contributed by atoms with Gasteiger partial charge in [0.25, 0.3) is 0 Å². The Labute approximate surface area is 132 Å². The van der Waals surface area contributed by atoms with Gasteiger partial charge >= 0.3 is 0 Å². The first-order valence-electron chi connectivity index (χ1n) is 8.24. The number of piperidine rings is 2. The molecule has 1 aromatic heterocycles. The molecule has 0 N–H and O–H groups in total. The van der Waals surface area contributed by atoms with Gasteiger partial charge in [0.15, 0.2) is 0 Å². The molecular formula is C17H26N4O. The maximum absolute atomic E-state index is 12.4. The van der Waals surface area contributed by atoms with Crippen LogP contribution in [0.15, 0.2) is 25.0 Å². The standard InChI is InChI=1S/C17H26N4O/c1-3-10-21-16(22)6-4-7-17(21)8-5-11-20(14-17)13-15-18-9-12-19(15)2/h3,9,12H,1,4-8,10-11,13-14H2,2H3. The van der Waals surface area contributed by atoms with Crippen molar-refractivity contribution in [1.82, 2.24) is 19.4 Å². The van der Waals surface area contributed by atoms with E-state index in [1.54, 1.807) is 0 Å². The maximum Gasteiger partial charge on any atom is 0.223 e. The maximum atomic E-state index is 12.4. The highest BCUT2D eigenvalue weighted by Crippen LogP contribution is 2.37. The van der Waals surface area contributed by atoms with E-state index in [0.717, 1.165) is 51.1 Å². The molecule has 2 fully saturated rings. The van der Waals surface area contributed by atoms with Crippen molar-refractivity contribution < 1.29 is 4.79 Å². The summed E-state index contributed by atoms with van der Waals surface area (Å²) in [5.41, 5.74) is 0.00688. The largest absolute Gasteiger partial charge is 0.337 e. The van der Waals surface area contributed by atoms with Crippen molar-refractivity contribution in [2.24, 2.45) is 7.05 Å². The lowest BCUT2D eigenvalue weighted by Crippen LogP contribution is -2.62. The molecule has 0 saturated carbocycles. The second-order valence-corrected chi connectivity index (χ2v) is 6.64. The highest BCUT2D eigenvalue weighted by molar-refractivity contribution is 5.78. The Morgan fingerprint density at radius 3 is 2.95 bits per heavy atom. The van der Waals surface area contributed by atoms with E-state index in [1.165, 1.54) is 0 Å². The van der Waals surface area contributed by atoms with Crippen molar-refractivity contribution in [3.05, 3.63) is 30.9 Å². The summed E-state index contributed by atoms with van der Waals surface area (Å²) in [6, 6.07) is 0. The van der Waals surface area contributed by atoms with E-state index in [-0.39, 0.29) is 5.54 Å². The van der Waals surface area contributed by atoms with Gasteiger partial charge < -0.3 is 9.47 Å². The first-order valence-corrected chi connectivity index (χ1v) is 8.24. The summed E-state index contributed by atoms with van der Waals surface area (Å²) in [5.74, 6) is 1.39. The predicted octanol–water partition coefficient (Wildman–Crippen LogP) is 1.95. The zero-order chi connectivity index (χ0) is 15.6. The van der Waals surface area contributed by atoms with E-state index in [1.807, 2.05) is 25.5 Å². The molecule has 0 aromatic carbocycles. The van der Waals surface area contributed by atoms with E-state index in [0.29, 0.717) is 18.9 Å². The lowest BCUT2D eigenvalue weighted by molar-refractivity contribution is -0.144. The summed E-state index contributed by atoms with van der Waals surface area (Å²) in [7, 11) is 2.04. The molecule has 2 saturated heterocycles. The lowest BCUT2D eigenvalue weighted by Gasteiger charge is -2.52. The molecule has 5 nitrogen and oxygen atoms in total.